The second-order valence-corrected chi connectivity index (χ2v) is 6.81. The molecule has 0 spiro atoms. The molecule has 0 aromatic carbocycles. The normalized spacial score (nSPS) is 20.1. The summed E-state index contributed by atoms with van der Waals surface area (Å²) >= 11 is 0. The second-order valence-electron chi connectivity index (χ2n) is 6.81. The van der Waals surface area contributed by atoms with Crippen LogP contribution in [0.2, 0.25) is 0 Å². The van der Waals surface area contributed by atoms with Gasteiger partial charge in [-0.15, -0.1) is 24.8 Å². The van der Waals surface area contributed by atoms with Crippen LogP contribution in [-0.4, -0.2) is 45.2 Å². The van der Waals surface area contributed by atoms with Crippen LogP contribution in [0, 0.1) is 5.41 Å². The molecule has 1 saturated heterocycles. The largest absolute Gasteiger partial charge is 0.338 e. The quantitative estimate of drug-likeness (QED) is 0.896. The maximum Gasteiger partial charge on any atom is 0.255 e. The Kier molecular flexibility index (Phi) is 6.61. The minimum atomic E-state index is 0. The fraction of sp³-hybridized carbons (Fsp3) is 0.562. The van der Waals surface area contributed by atoms with E-state index in [2.05, 4.69) is 30.9 Å². The molecule has 0 bridgehead atoms. The molecule has 1 unspecified atom stereocenters. The Morgan fingerprint density at radius 3 is 2.67 bits per heavy atom. The van der Waals surface area contributed by atoms with Crippen molar-refractivity contribution >= 4 is 41.8 Å². The first kappa shape index (κ1) is 20.7. The number of amides is 1. The van der Waals surface area contributed by atoms with Gasteiger partial charge in [-0.3, -0.25) is 4.79 Å². The zero-order chi connectivity index (χ0) is 15.9. The summed E-state index contributed by atoms with van der Waals surface area (Å²) in [7, 11) is 0. The van der Waals surface area contributed by atoms with Crippen molar-refractivity contribution in [2.45, 2.75) is 33.2 Å². The predicted molar refractivity (Wildman–Crippen MR) is 100 cm³/mol. The number of halogens is 2. The summed E-state index contributed by atoms with van der Waals surface area (Å²) in [4.78, 5) is 19.0. The number of rotatable bonds is 3. The minimum Gasteiger partial charge on any atom is -0.338 e. The Morgan fingerprint density at radius 1 is 1.38 bits per heavy atom. The maximum absolute atomic E-state index is 12.7. The van der Waals surface area contributed by atoms with Gasteiger partial charge in [-0.05, 0) is 38.3 Å². The molecular formula is C16H25Cl2N5O. The smallest absolute Gasteiger partial charge is 0.255 e. The number of carbonyl (C=O) groups excluding carboxylic acids is 1. The van der Waals surface area contributed by atoms with Crippen molar-refractivity contribution in [1.29, 1.82) is 0 Å². The summed E-state index contributed by atoms with van der Waals surface area (Å²) in [5, 5.41) is 5.24. The van der Waals surface area contributed by atoms with E-state index < -0.39 is 0 Å². The van der Waals surface area contributed by atoms with Crippen molar-refractivity contribution in [2.24, 2.45) is 11.1 Å². The number of likely N-dealkylation sites (tertiary alicyclic amines) is 1. The van der Waals surface area contributed by atoms with E-state index in [9.17, 15) is 4.79 Å². The summed E-state index contributed by atoms with van der Waals surface area (Å²) in [6.07, 6.45) is 4.38. The Hall–Kier alpha value is -1.37. The molecule has 134 valence electrons. The van der Waals surface area contributed by atoms with Gasteiger partial charge in [0, 0.05) is 30.7 Å². The monoisotopic (exact) mass is 373 g/mol. The van der Waals surface area contributed by atoms with E-state index in [1.54, 1.807) is 12.4 Å². The topological polar surface area (TPSA) is 77.0 Å². The molecule has 3 heterocycles. The van der Waals surface area contributed by atoms with Crippen LogP contribution in [0.15, 0.2) is 18.5 Å². The van der Waals surface area contributed by atoms with E-state index >= 15 is 0 Å². The van der Waals surface area contributed by atoms with Gasteiger partial charge in [0.25, 0.3) is 5.91 Å². The highest BCUT2D eigenvalue weighted by molar-refractivity contribution is 5.97. The third kappa shape index (κ3) is 3.66. The Balaban J connectivity index is 0.00000144. The number of nitrogens with zero attached hydrogens (tertiary/aromatic N) is 4. The Bertz CT molecular complexity index is 718. The van der Waals surface area contributed by atoms with Crippen LogP contribution in [0.4, 0.5) is 0 Å². The first-order valence-electron chi connectivity index (χ1n) is 7.76. The summed E-state index contributed by atoms with van der Waals surface area (Å²) in [5.74, 6) is 0.0314. The third-order valence-corrected chi connectivity index (χ3v) is 4.51. The molecule has 0 radical (unpaired) electrons. The molecule has 24 heavy (non-hydrogen) atoms. The lowest BCUT2D eigenvalue weighted by Gasteiger charge is -2.22. The van der Waals surface area contributed by atoms with Crippen molar-refractivity contribution in [1.82, 2.24) is 19.7 Å². The summed E-state index contributed by atoms with van der Waals surface area (Å²) in [6.45, 7) is 8.33. The SMILES string of the molecule is CC(C)n1ncc2cc(C(=O)N3CCC(C)(CN)C3)cnc21.Cl.Cl. The number of pyridine rings is 1. The van der Waals surface area contributed by atoms with Crippen molar-refractivity contribution in [3.05, 3.63) is 24.0 Å². The maximum atomic E-state index is 12.7. The van der Waals surface area contributed by atoms with Crippen LogP contribution in [0.1, 0.15) is 43.6 Å². The summed E-state index contributed by atoms with van der Waals surface area (Å²) in [6, 6.07) is 2.13. The summed E-state index contributed by atoms with van der Waals surface area (Å²) < 4.78 is 1.87. The highest BCUT2D eigenvalue weighted by Crippen LogP contribution is 2.29. The number of aromatic nitrogens is 3. The van der Waals surface area contributed by atoms with Crippen LogP contribution in [0.3, 0.4) is 0 Å². The molecule has 1 fully saturated rings. The predicted octanol–water partition coefficient (Wildman–Crippen LogP) is 2.67. The van der Waals surface area contributed by atoms with Crippen molar-refractivity contribution in [3.63, 3.8) is 0 Å². The van der Waals surface area contributed by atoms with E-state index in [0.717, 1.165) is 24.0 Å². The highest BCUT2D eigenvalue weighted by Gasteiger charge is 2.35. The van der Waals surface area contributed by atoms with Crippen LogP contribution in [-0.2, 0) is 0 Å². The molecule has 3 rings (SSSR count). The zero-order valence-corrected chi connectivity index (χ0v) is 15.9. The number of hydrogen-bond acceptors (Lipinski definition) is 4. The van der Waals surface area contributed by atoms with Crippen molar-refractivity contribution in [2.75, 3.05) is 19.6 Å². The van der Waals surface area contributed by atoms with E-state index in [4.69, 9.17) is 5.73 Å². The first-order chi connectivity index (χ1) is 10.4. The number of hydrogen-bond donors (Lipinski definition) is 1. The van der Waals surface area contributed by atoms with E-state index in [-0.39, 0.29) is 42.2 Å². The number of fused-ring (bicyclic) bond motifs is 1. The highest BCUT2D eigenvalue weighted by atomic mass is 35.5. The van der Waals surface area contributed by atoms with Crippen LogP contribution < -0.4 is 5.73 Å². The molecule has 1 atom stereocenters. The van der Waals surface area contributed by atoms with Gasteiger partial charge in [0.15, 0.2) is 5.65 Å². The first-order valence-corrected chi connectivity index (χ1v) is 7.76. The molecule has 2 N–H and O–H groups in total. The molecule has 0 saturated carbocycles. The van der Waals surface area contributed by atoms with Gasteiger partial charge in [-0.2, -0.15) is 5.10 Å². The van der Waals surface area contributed by atoms with E-state index in [1.807, 2.05) is 15.6 Å². The minimum absolute atomic E-state index is 0. The second kappa shape index (κ2) is 7.68. The average Bonchev–Trinajstić information content (AvgIpc) is 3.10. The number of nitrogens with two attached hydrogens (primary N) is 1. The van der Waals surface area contributed by atoms with Gasteiger partial charge in [-0.25, -0.2) is 9.67 Å². The molecule has 8 heteroatoms. The molecule has 0 aliphatic carbocycles. The molecule has 1 aliphatic heterocycles. The fourth-order valence-corrected chi connectivity index (χ4v) is 2.98. The lowest BCUT2D eigenvalue weighted by Crippen LogP contribution is -2.34. The molecular weight excluding hydrogens is 349 g/mol. The van der Waals surface area contributed by atoms with E-state index in [0.29, 0.717) is 18.7 Å². The Morgan fingerprint density at radius 2 is 2.08 bits per heavy atom. The average molecular weight is 374 g/mol. The van der Waals surface area contributed by atoms with Crippen LogP contribution >= 0.6 is 24.8 Å². The van der Waals surface area contributed by atoms with Crippen molar-refractivity contribution in [3.8, 4) is 0 Å². The zero-order valence-electron chi connectivity index (χ0n) is 14.2. The summed E-state index contributed by atoms with van der Waals surface area (Å²) in [5.41, 5.74) is 7.29. The van der Waals surface area contributed by atoms with Gasteiger partial charge in [-0.1, -0.05) is 6.92 Å². The van der Waals surface area contributed by atoms with Gasteiger partial charge >= 0.3 is 0 Å². The molecule has 2 aromatic heterocycles. The van der Waals surface area contributed by atoms with Crippen LogP contribution in [0.25, 0.3) is 11.0 Å². The van der Waals surface area contributed by atoms with Crippen molar-refractivity contribution < 1.29 is 4.79 Å². The van der Waals surface area contributed by atoms with Crippen LogP contribution in [0.5, 0.6) is 0 Å². The van der Waals surface area contributed by atoms with Gasteiger partial charge < -0.3 is 10.6 Å². The lowest BCUT2D eigenvalue weighted by molar-refractivity contribution is 0.0776. The van der Waals surface area contributed by atoms with Gasteiger partial charge in [0.1, 0.15) is 0 Å². The van der Waals surface area contributed by atoms with E-state index in [1.165, 1.54) is 0 Å². The molecule has 1 aliphatic rings. The lowest BCUT2D eigenvalue weighted by atomic mass is 9.90. The molecule has 6 nitrogen and oxygen atoms in total. The fourth-order valence-electron chi connectivity index (χ4n) is 2.98. The van der Waals surface area contributed by atoms with Gasteiger partial charge in [0.05, 0.1) is 11.8 Å². The molecule has 1 amide bonds. The third-order valence-electron chi connectivity index (χ3n) is 4.51. The number of carbonyl (C=O) groups is 1. The van der Waals surface area contributed by atoms with Gasteiger partial charge in [0.2, 0.25) is 0 Å². The molecule has 2 aromatic rings. The Labute approximate surface area is 154 Å². The standard InChI is InChI=1S/C16H23N5O.2ClH/c1-11(2)21-14-12(8-19-21)6-13(7-18-14)15(22)20-5-4-16(3,9-17)10-20;;/h6-8,11H,4-5,9-10,17H2,1-3H3;2*1H.